The summed E-state index contributed by atoms with van der Waals surface area (Å²) in [5.74, 6) is -2.36. The van der Waals surface area contributed by atoms with E-state index in [1.165, 1.54) is 164 Å². The fourth-order valence-corrected chi connectivity index (χ4v) is 14.2. The summed E-state index contributed by atoms with van der Waals surface area (Å²) in [5, 5.41) is 140. The smallest absolute Gasteiger partial charge is 0.325 e. The molecule has 1 aliphatic heterocycles. The molecule has 6 N–H and O–H groups in total. The first-order chi connectivity index (χ1) is 65.1. The average molecular weight is 2110 g/mol. The van der Waals surface area contributed by atoms with E-state index >= 15 is 0 Å². The predicted molar refractivity (Wildman–Crippen MR) is 473 cm³/mol. The number of hydrogen-bond acceptors (Lipinski definition) is 44. The van der Waals surface area contributed by atoms with Crippen LogP contribution in [-0.2, 0) is 144 Å². The lowest BCUT2D eigenvalue weighted by Crippen LogP contribution is -2.34. The fourth-order valence-electron chi connectivity index (χ4n) is 11.2. The summed E-state index contributed by atoms with van der Waals surface area (Å²) >= 11 is 0. The van der Waals surface area contributed by atoms with Crippen LogP contribution in [0.25, 0.3) is 0 Å². The van der Waals surface area contributed by atoms with Crippen molar-refractivity contribution in [2.45, 2.75) is 132 Å². The van der Waals surface area contributed by atoms with Gasteiger partial charge in [0.05, 0.1) is 132 Å². The standard InChI is InChI=1S/C16H18N2O6S.C11H15N5O6S.C10H14N2O8S.C10H14N2O6S.C9H8F2N2O3.C9H14N2O7S.C8H12N2O6S/c1-13-6-8-15(9-7-13)25(22,23)24-11-3-4-14(19)12-17-10-2-5-16(17)18(20)21;1-23(20,21)22-8-10(7-17)15-6-9(12-13-15)5-14-4-2-3-11(14)16(18)19;1-21(17,18)19-5-6-8(13)9(14)10(20-6)11-4-2-3-7(11)12(15)16;1-19(16,17)18-7-3-4-9(13)8-11-6-2-5-10(11)12(14)15;10-8(11)4-3-7(14)6-12-5-1-2-9(12)13(15)16;1-19(16,17)18-6-8(13)7(12)5-10-4-2-3-9(10)11(14)15;1-17(14,15)16-6-7(11)5-9-4-2-3-8(9)10(12)13/h2,5-10H,3-4,11-12H2,1H3;2-4,6,10,17H,5,7-8H2,1H3;2-4,6,8-10,13-14H,5H2,1H3;2,5-6H,3-4,7-8H2,1H3;1-2,4-5H,3,6H2;2-4,7-8,12-13H,5-6H2,1H3;2-4,7,11H,5-6H2,1H3. The number of halogens is 2. The maximum absolute atomic E-state index is 12.0. The Morgan fingerprint density at radius 3 is 1.26 bits per heavy atom. The quantitative estimate of drug-likeness (QED) is 0.0138. The van der Waals surface area contributed by atoms with Crippen LogP contribution in [0.15, 0.2) is 176 Å². The molecular formula is C73H95F2N17O42S6. The van der Waals surface area contributed by atoms with Crippen molar-refractivity contribution in [3.63, 3.8) is 0 Å². The van der Waals surface area contributed by atoms with E-state index in [1.54, 1.807) is 18.2 Å². The van der Waals surface area contributed by atoms with Gasteiger partial charge in [-0.2, -0.15) is 59.3 Å². The molecule has 1 aliphatic rings. The average Bonchev–Trinajstić information content (AvgIpc) is 1.64. The molecule has 8 unspecified atom stereocenters. The van der Waals surface area contributed by atoms with Crippen LogP contribution in [0, 0.1) is 77.7 Å². The molecule has 9 heterocycles. The van der Waals surface area contributed by atoms with Gasteiger partial charge < -0.3 is 106 Å². The number of benzene rings is 1. The summed E-state index contributed by atoms with van der Waals surface area (Å²) in [6, 6.07) is 24.7. The van der Waals surface area contributed by atoms with Crippen molar-refractivity contribution in [3.8, 4) is 0 Å². The van der Waals surface area contributed by atoms with Crippen LogP contribution in [0.4, 0.5) is 49.5 Å². The van der Waals surface area contributed by atoms with E-state index in [-0.39, 0.29) is 142 Å². The number of aryl methyl sites for hydroxylation is 1. The number of hydrogen-bond donors (Lipinski definition) is 6. The van der Waals surface area contributed by atoms with Crippen LogP contribution in [-0.4, -0.2) is 294 Å². The minimum absolute atomic E-state index is 0.0624. The van der Waals surface area contributed by atoms with Gasteiger partial charge in [-0.25, -0.2) is 36.7 Å². The van der Waals surface area contributed by atoms with E-state index in [2.05, 4.69) is 31.2 Å². The molecule has 8 aromatic heterocycles. The summed E-state index contributed by atoms with van der Waals surface area (Å²) in [7, 11) is -22.1. The zero-order valence-corrected chi connectivity index (χ0v) is 79.0. The molecule has 774 valence electrons. The predicted octanol–water partition coefficient (Wildman–Crippen LogP) is 2.68. The molecule has 10 rings (SSSR count). The molecule has 9 aromatic rings. The molecule has 1 saturated heterocycles. The highest BCUT2D eigenvalue weighted by Gasteiger charge is 2.48. The number of allylic oxidation sites excluding steroid dienone is 1. The third-order valence-electron chi connectivity index (χ3n) is 17.6. The van der Waals surface area contributed by atoms with E-state index in [4.69, 9.17) is 8.92 Å². The van der Waals surface area contributed by atoms with Crippen molar-refractivity contribution in [2.75, 3.05) is 77.5 Å². The molecule has 0 amide bonds. The number of ether oxygens (including phenoxy) is 1. The second kappa shape index (κ2) is 55.6. The van der Waals surface area contributed by atoms with Gasteiger partial charge in [0.1, 0.15) is 87.6 Å². The normalized spacial score (nSPS) is 15.0. The molecule has 0 radical (unpaired) electrons. The van der Waals surface area contributed by atoms with Crippen molar-refractivity contribution in [2.24, 2.45) is 0 Å². The van der Waals surface area contributed by atoms with Crippen LogP contribution >= 0.6 is 0 Å². The molecule has 8 atom stereocenters. The van der Waals surface area contributed by atoms with Crippen LogP contribution < -0.4 is 0 Å². The number of nitro groups is 7. The highest BCUT2D eigenvalue weighted by Crippen LogP contribution is 2.34. The first kappa shape index (κ1) is 119. The van der Waals surface area contributed by atoms with Crippen molar-refractivity contribution in [3.05, 3.63) is 253 Å². The van der Waals surface area contributed by atoms with Gasteiger partial charge in [-0.15, -0.1) is 5.10 Å². The molecule has 67 heteroatoms. The van der Waals surface area contributed by atoms with Gasteiger partial charge in [0.25, 0.3) is 66.8 Å². The third-order valence-corrected chi connectivity index (χ3v) is 21.8. The lowest BCUT2D eigenvalue weighted by atomic mass is 10.1. The molecule has 0 spiro atoms. The Morgan fingerprint density at radius 2 is 0.836 bits per heavy atom. The lowest BCUT2D eigenvalue weighted by molar-refractivity contribution is -0.394. The summed E-state index contributed by atoms with van der Waals surface area (Å²) in [5.41, 5.74) is 1.35. The van der Waals surface area contributed by atoms with Crippen molar-refractivity contribution in [1.29, 1.82) is 0 Å². The maximum Gasteiger partial charge on any atom is 0.325 e. The number of Topliss-reactive ketones (excluding diaryl/α,β-unsaturated/α-hetero) is 3. The Hall–Kier alpha value is -13.1. The molecule has 0 bridgehead atoms. The molecule has 1 fully saturated rings. The van der Waals surface area contributed by atoms with Gasteiger partial charge in [-0.3, -0.25) is 39.5 Å². The molecule has 0 saturated carbocycles. The van der Waals surface area contributed by atoms with E-state index in [0.29, 0.717) is 11.8 Å². The van der Waals surface area contributed by atoms with Crippen LogP contribution in [0.3, 0.4) is 0 Å². The Labute approximate surface area is 792 Å². The maximum atomic E-state index is 12.0. The number of aliphatic hydroxyl groups is 6. The number of ketones is 3. The number of carbonyl (C=O) groups excluding carboxylic acids is 3. The molecule has 0 aliphatic carbocycles. The topological polar surface area (TPSA) is 809 Å². The monoisotopic (exact) mass is 2110 g/mol. The van der Waals surface area contributed by atoms with Gasteiger partial charge in [-0.1, -0.05) is 22.9 Å². The zero-order valence-electron chi connectivity index (χ0n) is 74.1. The molecule has 59 nitrogen and oxygen atoms in total. The van der Waals surface area contributed by atoms with E-state index in [0.717, 1.165) is 50.5 Å². The summed E-state index contributed by atoms with van der Waals surface area (Å²) < 4.78 is 197. The number of nitrogens with zero attached hydrogens (tertiary/aromatic N) is 17. The van der Waals surface area contributed by atoms with Gasteiger partial charge in [-0.05, 0) is 115 Å². The summed E-state index contributed by atoms with van der Waals surface area (Å²) in [4.78, 5) is 105. The Balaban J connectivity index is 0.000000342. The van der Waals surface area contributed by atoms with Gasteiger partial charge in [0, 0.05) is 61.7 Å². The highest BCUT2D eigenvalue weighted by atomic mass is 32.2. The Kier molecular flexibility index (Phi) is 47.4. The fraction of sp³-hybridized carbons (Fsp3) is 0.438. The molecule has 1 aromatic carbocycles. The van der Waals surface area contributed by atoms with Crippen LogP contribution in [0.5, 0.6) is 0 Å². The van der Waals surface area contributed by atoms with Gasteiger partial charge >= 0.3 is 40.7 Å². The van der Waals surface area contributed by atoms with Gasteiger partial charge in [0.15, 0.2) is 17.3 Å². The van der Waals surface area contributed by atoms with E-state index in [9.17, 15) is 175 Å². The minimum Gasteiger partial charge on any atom is -0.394 e. The van der Waals surface area contributed by atoms with Crippen molar-refractivity contribution in [1.82, 2.24) is 47.0 Å². The summed E-state index contributed by atoms with van der Waals surface area (Å²) in [6.45, 7) is -1.37. The number of aliphatic hydroxyl groups excluding tert-OH is 6. The number of aromatic nitrogens is 10. The second-order valence-electron chi connectivity index (χ2n) is 29.0. The van der Waals surface area contributed by atoms with E-state index in [1.807, 2.05) is 6.92 Å². The highest BCUT2D eigenvalue weighted by molar-refractivity contribution is 7.87. The SMILES string of the molecule is CS(=O)(=O)OCC(CO)n1cc(Cn2cccc2[N+](=O)[O-])nn1.CS(=O)(=O)OCC(O)C(O)Cn1cccc1[N+](=O)[O-].CS(=O)(=O)OCC(O)Cn1cccc1[N+](=O)[O-].CS(=O)(=O)OCC1OC(n2cccc2[N+](=O)[O-])C(O)C1O.CS(=O)(=O)OCCCC(=O)Cn1cccc1[N+](=O)[O-].Cc1ccc(S(=O)(=O)OCCCC(=O)Cn2cccc2[N+](=O)[O-])cc1.O=C(CC=C(F)F)Cn1cccc1[N+](=O)[O-]. The van der Waals surface area contributed by atoms with Crippen LogP contribution in [0.2, 0.25) is 0 Å². The number of carbonyl (C=O) groups is 3. The lowest BCUT2D eigenvalue weighted by Gasteiger charge is -2.16. The van der Waals surface area contributed by atoms with E-state index < -0.39 is 189 Å². The zero-order chi connectivity index (χ0) is 106. The summed E-state index contributed by atoms with van der Waals surface area (Å²) in [6.07, 6.45) is 5.21. The van der Waals surface area contributed by atoms with Gasteiger partial charge in [0.2, 0.25) is 6.23 Å². The molecular weight excluding hydrogens is 2020 g/mol. The first-order valence-corrected chi connectivity index (χ1v) is 50.0. The molecule has 140 heavy (non-hydrogen) atoms. The Bertz CT molecular complexity index is 6430. The second-order valence-corrected chi connectivity index (χ2v) is 38.9. The van der Waals surface area contributed by atoms with Crippen LogP contribution in [0.1, 0.15) is 55.6 Å². The third kappa shape index (κ3) is 43.9. The Morgan fingerprint density at radius 1 is 0.464 bits per heavy atom. The largest absolute Gasteiger partial charge is 0.394 e. The number of rotatable bonds is 48. The first-order valence-electron chi connectivity index (χ1n) is 39.5. The van der Waals surface area contributed by atoms with Crippen molar-refractivity contribution >= 4 is 119 Å². The van der Waals surface area contributed by atoms with Crippen molar-refractivity contribution < 1.29 is 169 Å². The minimum atomic E-state index is -3.85.